The summed E-state index contributed by atoms with van der Waals surface area (Å²) in [5, 5.41) is 7.96. The Balaban J connectivity index is 2.85. The van der Waals surface area contributed by atoms with Crippen molar-refractivity contribution in [3.8, 4) is 11.5 Å². The van der Waals surface area contributed by atoms with Gasteiger partial charge in [-0.3, -0.25) is 0 Å². The number of rotatable bonds is 0. The van der Waals surface area contributed by atoms with E-state index in [1.165, 1.54) is 0 Å². The molecule has 0 aromatic carbocycles. The maximum Gasteiger partial charge on any atom is 0.151 e. The molecule has 1 aromatic heterocycles. The first-order valence-corrected chi connectivity index (χ1v) is 7.87. The van der Waals surface area contributed by atoms with E-state index in [1.54, 1.807) is 12.1 Å². The minimum Gasteiger partial charge on any atom is -0.140 e. The molecule has 0 amide bonds. The second-order valence-corrected chi connectivity index (χ2v) is 8.88. The molecule has 0 spiro atoms. The highest BCUT2D eigenvalue weighted by Gasteiger charge is 2.07. The Morgan fingerprint density at radius 1 is 1.23 bits per heavy atom. The molecule has 0 bridgehead atoms. The van der Waals surface area contributed by atoms with Crippen molar-refractivity contribution in [3.63, 3.8) is 0 Å². The van der Waals surface area contributed by atoms with Gasteiger partial charge in [0.15, 0.2) is 5.15 Å². The van der Waals surface area contributed by atoms with E-state index in [9.17, 15) is 0 Å². The van der Waals surface area contributed by atoms with Gasteiger partial charge in [0.1, 0.15) is 13.8 Å². The second kappa shape index (κ2) is 3.90. The SMILES string of the molecule is C[Si](C)(C)C#Cc1ccc(Cl)nn1. The quantitative estimate of drug-likeness (QED) is 0.486. The summed E-state index contributed by atoms with van der Waals surface area (Å²) in [6.45, 7) is 6.55. The van der Waals surface area contributed by atoms with E-state index in [0.717, 1.165) is 0 Å². The van der Waals surface area contributed by atoms with Crippen LogP contribution in [0.15, 0.2) is 12.1 Å². The van der Waals surface area contributed by atoms with Crippen LogP contribution in [0.2, 0.25) is 24.8 Å². The lowest BCUT2D eigenvalue weighted by Crippen LogP contribution is -2.16. The van der Waals surface area contributed by atoms with Crippen LogP contribution < -0.4 is 0 Å². The summed E-state index contributed by atoms with van der Waals surface area (Å²) in [4.78, 5) is 0. The van der Waals surface area contributed by atoms with E-state index in [-0.39, 0.29) is 0 Å². The fourth-order valence-corrected chi connectivity index (χ4v) is 1.24. The summed E-state index contributed by atoms with van der Waals surface area (Å²) in [7, 11) is -1.32. The normalized spacial score (nSPS) is 10.5. The predicted octanol–water partition coefficient (Wildman–Crippen LogP) is 2.36. The summed E-state index contributed by atoms with van der Waals surface area (Å²) in [6, 6.07) is 3.48. The van der Waals surface area contributed by atoms with Gasteiger partial charge >= 0.3 is 0 Å². The Kier molecular flexibility index (Phi) is 3.07. The lowest BCUT2D eigenvalue weighted by atomic mass is 10.4. The Morgan fingerprint density at radius 3 is 2.38 bits per heavy atom. The fourth-order valence-electron chi connectivity index (χ4n) is 0.634. The number of aromatic nitrogens is 2. The molecule has 1 aromatic rings. The molecule has 4 heteroatoms. The molecule has 1 rings (SSSR count). The van der Waals surface area contributed by atoms with Crippen molar-refractivity contribution >= 4 is 19.7 Å². The first-order valence-electron chi connectivity index (χ1n) is 4.00. The zero-order valence-electron chi connectivity index (χ0n) is 7.93. The Hall–Kier alpha value is -0.853. The van der Waals surface area contributed by atoms with Crippen LogP contribution in [0.3, 0.4) is 0 Å². The van der Waals surface area contributed by atoms with Crippen LogP contribution in [0.1, 0.15) is 5.69 Å². The molecule has 0 aliphatic carbocycles. The van der Waals surface area contributed by atoms with E-state index < -0.39 is 8.07 Å². The molecule has 68 valence electrons. The van der Waals surface area contributed by atoms with Crippen LogP contribution in [0, 0.1) is 11.5 Å². The Bertz CT molecular complexity index is 343. The van der Waals surface area contributed by atoms with Gasteiger partial charge in [0, 0.05) is 0 Å². The lowest BCUT2D eigenvalue weighted by Gasteiger charge is -2.02. The fraction of sp³-hybridized carbons (Fsp3) is 0.333. The van der Waals surface area contributed by atoms with Crippen LogP contribution in [0.4, 0.5) is 0 Å². The first kappa shape index (κ1) is 10.2. The number of halogens is 1. The van der Waals surface area contributed by atoms with Crippen molar-refractivity contribution in [1.29, 1.82) is 0 Å². The molecule has 1 heterocycles. The van der Waals surface area contributed by atoms with E-state index in [1.807, 2.05) is 0 Å². The van der Waals surface area contributed by atoms with Gasteiger partial charge in [-0.15, -0.1) is 15.7 Å². The lowest BCUT2D eigenvalue weighted by molar-refractivity contribution is 1.01. The maximum atomic E-state index is 5.59. The molecular formula is C9H11ClN2Si. The van der Waals surface area contributed by atoms with E-state index in [4.69, 9.17) is 11.6 Å². The van der Waals surface area contributed by atoms with E-state index in [2.05, 4.69) is 41.3 Å². The van der Waals surface area contributed by atoms with Gasteiger partial charge in [0.05, 0.1) is 0 Å². The molecule has 0 atom stereocenters. The highest BCUT2D eigenvalue weighted by Crippen LogP contribution is 2.02. The van der Waals surface area contributed by atoms with Crippen molar-refractivity contribution in [2.75, 3.05) is 0 Å². The summed E-state index contributed by atoms with van der Waals surface area (Å²) >= 11 is 5.59. The van der Waals surface area contributed by atoms with Gasteiger partial charge in [-0.05, 0) is 12.1 Å². The molecule has 0 aliphatic rings. The Morgan fingerprint density at radius 2 is 1.92 bits per heavy atom. The van der Waals surface area contributed by atoms with E-state index in [0.29, 0.717) is 10.8 Å². The van der Waals surface area contributed by atoms with Crippen LogP contribution in [-0.4, -0.2) is 18.3 Å². The largest absolute Gasteiger partial charge is 0.151 e. The molecule has 0 N–H and O–H groups in total. The number of nitrogens with zero attached hydrogens (tertiary/aromatic N) is 2. The average Bonchev–Trinajstić information content (AvgIpc) is 2.02. The van der Waals surface area contributed by atoms with Gasteiger partial charge in [-0.2, -0.15) is 0 Å². The summed E-state index contributed by atoms with van der Waals surface area (Å²) < 4.78 is 0. The third-order valence-electron chi connectivity index (χ3n) is 1.20. The molecular weight excluding hydrogens is 200 g/mol. The third kappa shape index (κ3) is 4.06. The van der Waals surface area contributed by atoms with Gasteiger partial charge in [0.25, 0.3) is 0 Å². The summed E-state index contributed by atoms with van der Waals surface area (Å²) in [6.07, 6.45) is 0. The van der Waals surface area contributed by atoms with Crippen LogP contribution in [0.25, 0.3) is 0 Å². The van der Waals surface area contributed by atoms with E-state index >= 15 is 0 Å². The maximum absolute atomic E-state index is 5.59. The predicted molar refractivity (Wildman–Crippen MR) is 57.3 cm³/mol. The highest BCUT2D eigenvalue weighted by molar-refractivity contribution is 6.83. The van der Waals surface area contributed by atoms with Crippen LogP contribution >= 0.6 is 11.6 Å². The van der Waals surface area contributed by atoms with Crippen molar-refractivity contribution < 1.29 is 0 Å². The summed E-state index contributed by atoms with van der Waals surface area (Å²) in [5.41, 5.74) is 3.89. The number of hydrogen-bond donors (Lipinski definition) is 0. The molecule has 0 radical (unpaired) electrons. The smallest absolute Gasteiger partial charge is 0.140 e. The van der Waals surface area contributed by atoms with Crippen molar-refractivity contribution in [3.05, 3.63) is 23.0 Å². The molecule has 2 nitrogen and oxygen atoms in total. The number of hydrogen-bond acceptors (Lipinski definition) is 2. The second-order valence-electron chi connectivity index (χ2n) is 3.74. The summed E-state index contributed by atoms with van der Waals surface area (Å²) in [5.74, 6) is 2.99. The minimum atomic E-state index is -1.32. The molecule has 0 unspecified atom stereocenters. The zero-order valence-corrected chi connectivity index (χ0v) is 9.68. The third-order valence-corrected chi connectivity index (χ3v) is 2.27. The molecule has 0 saturated carbocycles. The molecule has 0 fully saturated rings. The van der Waals surface area contributed by atoms with Crippen molar-refractivity contribution in [1.82, 2.24) is 10.2 Å². The molecule has 0 saturated heterocycles. The van der Waals surface area contributed by atoms with Gasteiger partial charge in [-0.1, -0.05) is 37.2 Å². The van der Waals surface area contributed by atoms with Crippen LogP contribution in [0.5, 0.6) is 0 Å². The zero-order chi connectivity index (χ0) is 9.90. The first-order chi connectivity index (χ1) is 5.97. The minimum absolute atomic E-state index is 0.401. The van der Waals surface area contributed by atoms with Gasteiger partial charge in [-0.25, -0.2) is 0 Å². The Labute approximate surface area is 84.3 Å². The van der Waals surface area contributed by atoms with Crippen molar-refractivity contribution in [2.24, 2.45) is 0 Å². The van der Waals surface area contributed by atoms with Crippen molar-refractivity contribution in [2.45, 2.75) is 19.6 Å². The topological polar surface area (TPSA) is 25.8 Å². The molecule has 13 heavy (non-hydrogen) atoms. The monoisotopic (exact) mass is 210 g/mol. The highest BCUT2D eigenvalue weighted by atomic mass is 35.5. The average molecular weight is 211 g/mol. The van der Waals surface area contributed by atoms with Gasteiger partial charge in [0.2, 0.25) is 0 Å². The standard InChI is InChI=1S/C9H11ClN2Si/c1-13(2,3)7-6-8-4-5-9(10)12-11-8/h4-5H,1-3H3. The van der Waals surface area contributed by atoms with Gasteiger partial charge < -0.3 is 0 Å². The molecule has 0 aliphatic heterocycles. The van der Waals surface area contributed by atoms with Crippen LogP contribution in [-0.2, 0) is 0 Å².